The number of hydrogen-bond donors (Lipinski definition) is 1. The van der Waals surface area contributed by atoms with Gasteiger partial charge in [0, 0.05) is 9.38 Å². The zero-order chi connectivity index (χ0) is 16.6. The molecule has 1 N–H and O–H groups in total. The highest BCUT2D eigenvalue weighted by atomic mass is 79.9. The van der Waals surface area contributed by atoms with E-state index in [0.29, 0.717) is 22.8 Å². The fraction of sp³-hybridized carbons (Fsp3) is 0.111. The minimum Gasteiger partial charge on any atom is -0.428 e. The molecule has 5 heteroatoms. The van der Waals surface area contributed by atoms with E-state index in [4.69, 9.17) is 0 Å². The molecule has 23 heavy (non-hydrogen) atoms. The van der Waals surface area contributed by atoms with Gasteiger partial charge in [-0.2, -0.15) is 4.73 Å². The zero-order valence-electron chi connectivity index (χ0n) is 12.8. The molecule has 0 unspecified atom stereocenters. The second-order valence-electron chi connectivity index (χ2n) is 5.35. The average molecular weight is 372 g/mol. The third-order valence-corrected chi connectivity index (χ3v) is 4.42. The van der Waals surface area contributed by atoms with Crippen molar-refractivity contribution in [3.63, 3.8) is 0 Å². The van der Waals surface area contributed by atoms with E-state index < -0.39 is 0 Å². The van der Waals surface area contributed by atoms with Gasteiger partial charge in [0.25, 0.3) is 11.4 Å². The molecule has 0 radical (unpaired) electrons. The summed E-state index contributed by atoms with van der Waals surface area (Å²) in [5.41, 5.74) is 3.40. The molecule has 0 aliphatic heterocycles. The minimum absolute atomic E-state index is 0.435. The molecule has 3 aromatic rings. The third-order valence-electron chi connectivity index (χ3n) is 3.89. The molecule has 4 nitrogen and oxygen atoms in total. The van der Waals surface area contributed by atoms with E-state index in [-0.39, 0.29) is 0 Å². The van der Waals surface area contributed by atoms with Crippen molar-refractivity contribution in [3.05, 3.63) is 75.4 Å². The van der Waals surface area contributed by atoms with Crippen LogP contribution >= 0.6 is 15.9 Å². The lowest BCUT2D eigenvalue weighted by molar-refractivity contribution is -0.472. The van der Waals surface area contributed by atoms with Crippen LogP contribution in [0.4, 0.5) is 0 Å². The first kappa shape index (κ1) is 15.5. The van der Waals surface area contributed by atoms with Crippen molar-refractivity contribution in [1.29, 1.82) is 0 Å². The van der Waals surface area contributed by atoms with Gasteiger partial charge in [-0.1, -0.05) is 34.1 Å². The van der Waals surface area contributed by atoms with E-state index in [9.17, 15) is 10.1 Å². The Labute approximate surface area is 142 Å². The van der Waals surface area contributed by atoms with Crippen molar-refractivity contribution >= 4 is 15.9 Å². The fourth-order valence-corrected chi connectivity index (χ4v) is 2.98. The summed E-state index contributed by atoms with van der Waals surface area (Å²) < 4.78 is 2.91. The average Bonchev–Trinajstić information content (AvgIpc) is 2.56. The number of halogens is 1. The van der Waals surface area contributed by atoms with Crippen LogP contribution in [-0.2, 0) is 0 Å². The van der Waals surface area contributed by atoms with Crippen LogP contribution in [0.5, 0.6) is 0 Å². The largest absolute Gasteiger partial charge is 0.428 e. The smallest absolute Gasteiger partial charge is 0.293 e. The first-order chi connectivity index (χ1) is 11.0. The molecule has 2 aromatic carbocycles. The predicted molar refractivity (Wildman–Crippen MR) is 93.0 cm³/mol. The Morgan fingerprint density at radius 3 is 1.87 bits per heavy atom. The molecule has 0 atom stereocenters. The highest BCUT2D eigenvalue weighted by Gasteiger charge is 2.28. The second-order valence-corrected chi connectivity index (χ2v) is 6.26. The molecule has 116 valence electrons. The van der Waals surface area contributed by atoms with E-state index in [1.54, 1.807) is 13.8 Å². The number of aromatic nitrogens is 2. The van der Waals surface area contributed by atoms with Crippen molar-refractivity contribution < 1.29 is 9.63 Å². The molecule has 0 saturated heterocycles. The highest BCUT2D eigenvalue weighted by Crippen LogP contribution is 2.26. The maximum Gasteiger partial charge on any atom is 0.293 e. The normalized spacial score (nSPS) is 10.7. The molecule has 0 aliphatic rings. The zero-order valence-corrected chi connectivity index (χ0v) is 14.4. The van der Waals surface area contributed by atoms with Crippen LogP contribution in [0.3, 0.4) is 0 Å². The van der Waals surface area contributed by atoms with Crippen molar-refractivity contribution in [3.8, 4) is 22.5 Å². The summed E-state index contributed by atoms with van der Waals surface area (Å²) in [4.78, 5) is 13.0. The number of benzene rings is 2. The van der Waals surface area contributed by atoms with Gasteiger partial charge in [-0.05, 0) is 50.2 Å². The van der Waals surface area contributed by atoms with Crippen molar-refractivity contribution in [2.75, 3.05) is 0 Å². The maximum absolute atomic E-state index is 13.0. The summed E-state index contributed by atoms with van der Waals surface area (Å²) in [5.74, 6) is 0. The topological polar surface area (TPSA) is 48.1 Å². The molecular weight excluding hydrogens is 356 g/mol. The van der Waals surface area contributed by atoms with Crippen LogP contribution in [0, 0.1) is 18.8 Å². The molecule has 1 heterocycles. The van der Waals surface area contributed by atoms with Gasteiger partial charge < -0.3 is 5.21 Å². The summed E-state index contributed by atoms with van der Waals surface area (Å²) in [6.45, 7) is 3.46. The molecule has 0 bridgehead atoms. The van der Waals surface area contributed by atoms with Crippen LogP contribution in [-0.4, -0.2) is 9.94 Å². The Morgan fingerprint density at radius 2 is 1.35 bits per heavy atom. The van der Waals surface area contributed by atoms with Crippen LogP contribution in [0.1, 0.15) is 11.4 Å². The third kappa shape index (κ3) is 2.68. The predicted octanol–water partition coefficient (Wildman–Crippen LogP) is 4.35. The lowest BCUT2D eigenvalue weighted by Gasteiger charge is -2.09. The monoisotopic (exact) mass is 371 g/mol. The minimum atomic E-state index is 0.435. The molecule has 3 rings (SSSR count). The summed E-state index contributed by atoms with van der Waals surface area (Å²) >= 11 is 3.39. The molecule has 0 saturated carbocycles. The number of nitrogens with zero attached hydrogens (tertiary/aromatic N) is 2. The van der Waals surface area contributed by atoms with Gasteiger partial charge in [0.1, 0.15) is 11.4 Å². The Morgan fingerprint density at radius 1 is 0.870 bits per heavy atom. The molecule has 0 aliphatic carbocycles. The molecule has 1 aromatic heterocycles. The van der Waals surface area contributed by atoms with Crippen LogP contribution in [0.25, 0.3) is 22.5 Å². The van der Waals surface area contributed by atoms with E-state index in [1.165, 1.54) is 0 Å². The van der Waals surface area contributed by atoms with Gasteiger partial charge in [0.05, 0.1) is 15.6 Å². The standard InChI is InChI=1S/C18H16BrN2O2/c1-12-17(14-6-4-3-5-7-14)21(23)18(13(2)20(12)22)15-8-10-16(19)11-9-15/h3-11,22H,1-2H3/q+1. The Bertz CT molecular complexity index is 916. The van der Waals surface area contributed by atoms with Gasteiger partial charge in [0.2, 0.25) is 0 Å². The molecular formula is C18H16BrN2O2+. The maximum atomic E-state index is 13.0. The van der Waals surface area contributed by atoms with E-state index >= 15 is 0 Å². The number of hydrogen-bond acceptors (Lipinski definition) is 2. The molecule has 0 spiro atoms. The first-order valence-electron chi connectivity index (χ1n) is 7.20. The molecule has 0 fully saturated rings. The summed E-state index contributed by atoms with van der Waals surface area (Å²) in [7, 11) is 0. The van der Waals surface area contributed by atoms with Crippen LogP contribution in [0.15, 0.2) is 59.1 Å². The van der Waals surface area contributed by atoms with E-state index in [0.717, 1.165) is 24.8 Å². The fourth-order valence-electron chi connectivity index (χ4n) is 2.71. The second kappa shape index (κ2) is 6.01. The van der Waals surface area contributed by atoms with Crippen molar-refractivity contribution in [1.82, 2.24) is 4.73 Å². The first-order valence-corrected chi connectivity index (χ1v) is 7.99. The van der Waals surface area contributed by atoms with E-state index in [1.807, 2.05) is 54.6 Å². The Hall–Kier alpha value is -2.40. The van der Waals surface area contributed by atoms with Gasteiger partial charge in [0.15, 0.2) is 0 Å². The number of rotatable bonds is 2. The van der Waals surface area contributed by atoms with Crippen LogP contribution in [0.2, 0.25) is 0 Å². The Kier molecular flexibility index (Phi) is 4.05. The lowest BCUT2D eigenvalue weighted by Crippen LogP contribution is -2.28. The van der Waals surface area contributed by atoms with Gasteiger partial charge in [-0.3, -0.25) is 0 Å². The van der Waals surface area contributed by atoms with E-state index in [2.05, 4.69) is 15.9 Å². The van der Waals surface area contributed by atoms with Crippen LogP contribution < -0.4 is 4.43 Å². The van der Waals surface area contributed by atoms with Crippen molar-refractivity contribution in [2.24, 2.45) is 0 Å². The van der Waals surface area contributed by atoms with Gasteiger partial charge in [-0.15, -0.1) is 0 Å². The quantitative estimate of drug-likeness (QED) is 0.537. The van der Waals surface area contributed by atoms with Gasteiger partial charge >= 0.3 is 0 Å². The summed E-state index contributed by atoms with van der Waals surface area (Å²) in [5, 5.41) is 10.4. The summed E-state index contributed by atoms with van der Waals surface area (Å²) in [6, 6.07) is 16.8. The highest BCUT2D eigenvalue weighted by molar-refractivity contribution is 9.10. The lowest BCUT2D eigenvalue weighted by atomic mass is 10.1. The van der Waals surface area contributed by atoms with Crippen molar-refractivity contribution in [2.45, 2.75) is 13.8 Å². The van der Waals surface area contributed by atoms with Gasteiger partial charge in [-0.25, -0.2) is 0 Å². The SMILES string of the molecule is Cc1c(-c2ccccc2)[n+](=O)c(-c2ccc(Br)cc2)c(C)n1O. The summed E-state index contributed by atoms with van der Waals surface area (Å²) in [6.07, 6.45) is 0. The molecule has 0 amide bonds. The Balaban J connectivity index is 2.36.